The molecule has 1 atom stereocenters. The van der Waals surface area contributed by atoms with Gasteiger partial charge in [-0.1, -0.05) is 23.2 Å². The molecule has 0 heterocycles. The average molecular weight is 321 g/mol. The lowest BCUT2D eigenvalue weighted by Crippen LogP contribution is -2.25. The molecule has 0 aromatic heterocycles. The van der Waals surface area contributed by atoms with Crippen molar-refractivity contribution in [3.63, 3.8) is 0 Å². The van der Waals surface area contributed by atoms with Gasteiger partial charge in [-0.3, -0.25) is 14.9 Å². The first-order valence-corrected chi connectivity index (χ1v) is 6.68. The van der Waals surface area contributed by atoms with Crippen LogP contribution < -0.4 is 5.32 Å². The highest BCUT2D eigenvalue weighted by Crippen LogP contribution is 2.30. The highest BCUT2D eigenvalue weighted by atomic mass is 35.5. The molecule has 0 bridgehead atoms. The number of aliphatic hydroxyl groups excluding tert-OH is 1. The van der Waals surface area contributed by atoms with E-state index in [2.05, 4.69) is 5.32 Å². The van der Waals surface area contributed by atoms with Crippen LogP contribution in [0.2, 0.25) is 10.0 Å². The van der Waals surface area contributed by atoms with Gasteiger partial charge >= 0.3 is 0 Å². The van der Waals surface area contributed by atoms with E-state index in [1.807, 2.05) is 0 Å². The van der Waals surface area contributed by atoms with E-state index < -0.39 is 16.9 Å². The molecule has 1 amide bonds. The number of nitro benzene ring substituents is 1. The summed E-state index contributed by atoms with van der Waals surface area (Å²) in [7, 11) is 0. The lowest BCUT2D eigenvalue weighted by molar-refractivity contribution is -0.384. The Kier molecular flexibility index (Phi) is 6.19. The first kappa shape index (κ1) is 16.7. The quantitative estimate of drug-likeness (QED) is 0.479. The lowest BCUT2D eigenvalue weighted by atomic mass is 10.1. The SMILES string of the molecule is CC(O)CCCNC(=O)c1cc([N+](=O)[O-])cc(Cl)c1Cl. The molecule has 8 heteroatoms. The number of hydrogen-bond acceptors (Lipinski definition) is 4. The summed E-state index contributed by atoms with van der Waals surface area (Å²) in [4.78, 5) is 22.0. The van der Waals surface area contributed by atoms with Crippen molar-refractivity contribution in [1.29, 1.82) is 0 Å². The summed E-state index contributed by atoms with van der Waals surface area (Å²) < 4.78 is 0. The summed E-state index contributed by atoms with van der Waals surface area (Å²) in [6, 6.07) is 2.17. The largest absolute Gasteiger partial charge is 0.393 e. The standard InChI is InChI=1S/C12H14Cl2N2O4/c1-7(17)3-2-4-15-12(18)9-5-8(16(19)20)6-10(13)11(9)14/h5-7,17H,2-4H2,1H3,(H,15,18). The molecule has 0 aliphatic rings. The number of carbonyl (C=O) groups is 1. The Labute approximate surface area is 125 Å². The third-order valence-corrected chi connectivity index (χ3v) is 3.35. The topological polar surface area (TPSA) is 92.5 Å². The van der Waals surface area contributed by atoms with Crippen molar-refractivity contribution in [3.8, 4) is 0 Å². The Morgan fingerprint density at radius 2 is 2.15 bits per heavy atom. The third-order valence-electron chi connectivity index (χ3n) is 2.55. The molecule has 1 aromatic rings. The van der Waals surface area contributed by atoms with Crippen LogP contribution in [-0.4, -0.2) is 28.6 Å². The van der Waals surface area contributed by atoms with E-state index >= 15 is 0 Å². The van der Waals surface area contributed by atoms with Crippen LogP contribution >= 0.6 is 23.2 Å². The maximum Gasteiger partial charge on any atom is 0.271 e. The second-order valence-corrected chi connectivity index (χ2v) is 5.08. The zero-order valence-corrected chi connectivity index (χ0v) is 12.2. The number of aliphatic hydroxyl groups is 1. The first-order chi connectivity index (χ1) is 9.32. The van der Waals surface area contributed by atoms with Crippen LogP contribution in [0.25, 0.3) is 0 Å². The van der Waals surface area contributed by atoms with E-state index in [1.165, 1.54) is 0 Å². The maximum absolute atomic E-state index is 11.9. The molecule has 0 aliphatic carbocycles. The number of hydrogen-bond donors (Lipinski definition) is 2. The number of carbonyl (C=O) groups excluding carboxylic acids is 1. The summed E-state index contributed by atoms with van der Waals surface area (Å²) in [5.74, 6) is -0.536. The maximum atomic E-state index is 11.9. The highest BCUT2D eigenvalue weighted by molar-refractivity contribution is 6.44. The average Bonchev–Trinajstić information content (AvgIpc) is 2.36. The van der Waals surface area contributed by atoms with Gasteiger partial charge in [-0.05, 0) is 19.8 Å². The number of rotatable bonds is 6. The molecule has 1 unspecified atom stereocenters. The number of nitrogens with one attached hydrogen (secondary N) is 1. The van der Waals surface area contributed by atoms with Crippen LogP contribution in [0.3, 0.4) is 0 Å². The van der Waals surface area contributed by atoms with Crippen molar-refractivity contribution < 1.29 is 14.8 Å². The summed E-state index contributed by atoms with van der Waals surface area (Å²) in [6.45, 7) is 1.99. The van der Waals surface area contributed by atoms with Crippen LogP contribution in [0.1, 0.15) is 30.1 Å². The first-order valence-electron chi connectivity index (χ1n) is 5.92. The van der Waals surface area contributed by atoms with Crippen LogP contribution in [0.5, 0.6) is 0 Å². The number of benzene rings is 1. The van der Waals surface area contributed by atoms with Crippen LogP contribution in [-0.2, 0) is 0 Å². The van der Waals surface area contributed by atoms with Gasteiger partial charge in [-0.15, -0.1) is 0 Å². The fourth-order valence-corrected chi connectivity index (χ4v) is 1.95. The van der Waals surface area contributed by atoms with Gasteiger partial charge in [0.15, 0.2) is 0 Å². The van der Waals surface area contributed by atoms with Gasteiger partial charge in [-0.25, -0.2) is 0 Å². The molecule has 20 heavy (non-hydrogen) atoms. The van der Waals surface area contributed by atoms with Gasteiger partial charge in [0.1, 0.15) is 0 Å². The van der Waals surface area contributed by atoms with Gasteiger partial charge < -0.3 is 10.4 Å². The molecular weight excluding hydrogens is 307 g/mol. The second kappa shape index (κ2) is 7.42. The summed E-state index contributed by atoms with van der Waals surface area (Å²) in [5, 5.41) is 22.3. The predicted octanol–water partition coefficient (Wildman–Crippen LogP) is 2.79. The Morgan fingerprint density at radius 3 is 2.70 bits per heavy atom. The van der Waals surface area contributed by atoms with E-state index in [4.69, 9.17) is 28.3 Å². The van der Waals surface area contributed by atoms with E-state index in [0.29, 0.717) is 19.4 Å². The van der Waals surface area contributed by atoms with Crippen molar-refractivity contribution in [2.24, 2.45) is 0 Å². The molecule has 0 fully saturated rings. The fraction of sp³-hybridized carbons (Fsp3) is 0.417. The smallest absolute Gasteiger partial charge is 0.271 e. The zero-order valence-electron chi connectivity index (χ0n) is 10.7. The van der Waals surface area contributed by atoms with E-state index in [-0.39, 0.29) is 21.3 Å². The third kappa shape index (κ3) is 4.63. The van der Waals surface area contributed by atoms with Gasteiger partial charge in [0.05, 0.1) is 26.6 Å². The van der Waals surface area contributed by atoms with Crippen molar-refractivity contribution in [2.75, 3.05) is 6.54 Å². The summed E-state index contributed by atoms with van der Waals surface area (Å²) >= 11 is 11.6. The number of nitrogens with zero attached hydrogens (tertiary/aromatic N) is 1. The summed E-state index contributed by atoms with van der Waals surface area (Å²) in [5.41, 5.74) is -0.337. The van der Waals surface area contributed by atoms with Crippen molar-refractivity contribution in [3.05, 3.63) is 37.9 Å². The minimum Gasteiger partial charge on any atom is -0.393 e. The second-order valence-electron chi connectivity index (χ2n) is 4.29. The molecule has 110 valence electrons. The molecule has 6 nitrogen and oxygen atoms in total. The van der Waals surface area contributed by atoms with Crippen LogP contribution in [0, 0.1) is 10.1 Å². The van der Waals surface area contributed by atoms with Gasteiger partial charge in [0.2, 0.25) is 0 Å². The molecule has 0 saturated heterocycles. The highest BCUT2D eigenvalue weighted by Gasteiger charge is 2.19. The molecule has 1 aromatic carbocycles. The van der Waals surface area contributed by atoms with Gasteiger partial charge in [0, 0.05) is 18.7 Å². The van der Waals surface area contributed by atoms with Gasteiger partial charge in [0.25, 0.3) is 11.6 Å². The molecule has 0 saturated carbocycles. The molecule has 0 radical (unpaired) electrons. The molecule has 2 N–H and O–H groups in total. The summed E-state index contributed by atoms with van der Waals surface area (Å²) in [6.07, 6.45) is 0.690. The number of amides is 1. The Bertz CT molecular complexity index is 520. The lowest BCUT2D eigenvalue weighted by Gasteiger charge is -2.08. The van der Waals surface area contributed by atoms with Crippen LogP contribution in [0.15, 0.2) is 12.1 Å². The van der Waals surface area contributed by atoms with E-state index in [9.17, 15) is 14.9 Å². The molecule has 0 spiro atoms. The molecule has 1 rings (SSSR count). The van der Waals surface area contributed by atoms with Crippen molar-refractivity contribution in [2.45, 2.75) is 25.9 Å². The number of nitro groups is 1. The predicted molar refractivity (Wildman–Crippen MR) is 76.4 cm³/mol. The minimum absolute atomic E-state index is 0.0229. The number of non-ortho nitro benzene ring substituents is 1. The number of halogens is 2. The minimum atomic E-state index is -0.646. The Morgan fingerprint density at radius 1 is 1.50 bits per heavy atom. The molecular formula is C12H14Cl2N2O4. The normalized spacial score (nSPS) is 12.0. The van der Waals surface area contributed by atoms with Crippen molar-refractivity contribution >= 4 is 34.8 Å². The monoisotopic (exact) mass is 320 g/mol. The van der Waals surface area contributed by atoms with E-state index in [0.717, 1.165) is 12.1 Å². The fourth-order valence-electron chi connectivity index (χ4n) is 1.54. The van der Waals surface area contributed by atoms with Gasteiger partial charge in [-0.2, -0.15) is 0 Å². The zero-order chi connectivity index (χ0) is 15.3. The Hall–Kier alpha value is -1.37. The van der Waals surface area contributed by atoms with Crippen molar-refractivity contribution in [1.82, 2.24) is 5.32 Å². The Balaban J connectivity index is 2.79. The van der Waals surface area contributed by atoms with E-state index in [1.54, 1.807) is 6.92 Å². The molecule has 0 aliphatic heterocycles. The van der Waals surface area contributed by atoms with Crippen LogP contribution in [0.4, 0.5) is 5.69 Å².